The van der Waals surface area contributed by atoms with Crippen LogP contribution < -0.4 is 58.4 Å². The number of nitrogen functional groups attached to an aromatic ring is 3. The van der Waals surface area contributed by atoms with Crippen LogP contribution in [0, 0.1) is 20.8 Å². The second-order valence-corrected chi connectivity index (χ2v) is 22.9. The molecule has 14 N–H and O–H groups in total. The summed E-state index contributed by atoms with van der Waals surface area (Å²) in [7, 11) is 4.93. The Balaban J connectivity index is 0.000000222. The Hall–Kier alpha value is -10.4. The van der Waals surface area contributed by atoms with E-state index in [1.807, 2.05) is 69.3 Å². The number of aryl methyl sites for hydroxylation is 3. The van der Waals surface area contributed by atoms with Gasteiger partial charge >= 0.3 is 11.9 Å². The first-order valence-electron chi connectivity index (χ1n) is 31.6. The van der Waals surface area contributed by atoms with E-state index < -0.39 is 11.9 Å². The van der Waals surface area contributed by atoms with Crippen molar-refractivity contribution in [3.05, 3.63) is 133 Å². The normalized spacial score (nSPS) is 11.4. The number of amidine groups is 1. The Morgan fingerprint density at radius 1 is 0.567 bits per heavy atom. The monoisotopic (exact) mass is 1400 g/mol. The van der Waals surface area contributed by atoms with Gasteiger partial charge in [-0.1, -0.05) is 97.6 Å². The topological polar surface area (TPSA) is 449 Å². The molecule has 3 aromatic carbocycles. The summed E-state index contributed by atoms with van der Waals surface area (Å²) in [6.07, 6.45) is 9.55. The number of aromatic amines is 1. The van der Waals surface area contributed by atoms with Crippen LogP contribution in [0.2, 0.25) is 0 Å². The van der Waals surface area contributed by atoms with E-state index in [1.165, 1.54) is 11.9 Å². The summed E-state index contributed by atoms with van der Waals surface area (Å²) in [5.41, 5.74) is 34.3. The summed E-state index contributed by atoms with van der Waals surface area (Å²) >= 11 is 2.96. The summed E-state index contributed by atoms with van der Waals surface area (Å²) in [6, 6.07) is 17.8. The number of Topliss-reactive ketones (excluding diaryl/α,β-unsaturated/α-hetero) is 1. The maximum Gasteiger partial charge on any atom is 0.327 e. The number of halogens is 1. The lowest BCUT2D eigenvalue weighted by Crippen LogP contribution is -2.44. The van der Waals surface area contributed by atoms with Crippen molar-refractivity contribution in [3.8, 4) is 17.2 Å². The van der Waals surface area contributed by atoms with Gasteiger partial charge in [0.1, 0.15) is 52.9 Å². The molecule has 1 aliphatic heterocycles. The third-order valence-electron chi connectivity index (χ3n) is 14.7. The van der Waals surface area contributed by atoms with Crippen molar-refractivity contribution in [2.75, 3.05) is 86.0 Å². The van der Waals surface area contributed by atoms with E-state index in [0.717, 1.165) is 165 Å². The summed E-state index contributed by atoms with van der Waals surface area (Å²) in [4.78, 5) is 59.0. The number of aliphatic carboxylic acids is 2. The molecule has 0 saturated carbocycles. The zero-order chi connectivity index (χ0) is 70.4. The lowest BCUT2D eigenvalue weighted by molar-refractivity contribution is -0.139. The highest BCUT2D eigenvalue weighted by Crippen LogP contribution is 2.32. The zero-order valence-corrected chi connectivity index (χ0v) is 58.2. The molecule has 0 radical (unpaired) electrons. The first kappa shape index (κ1) is 75.6. The Morgan fingerprint density at radius 3 is 1.33 bits per heavy atom. The molecule has 520 valence electrons. The molecule has 97 heavy (non-hydrogen) atoms. The van der Waals surface area contributed by atoms with Crippen molar-refractivity contribution in [3.63, 3.8) is 0 Å². The lowest BCUT2D eigenvalue weighted by atomic mass is 9.99. The number of H-pyrrole nitrogens is 1. The van der Waals surface area contributed by atoms with Gasteiger partial charge in [0.25, 0.3) is 0 Å². The van der Waals surface area contributed by atoms with E-state index in [0.29, 0.717) is 61.3 Å². The largest absolute Gasteiger partial charge is 0.496 e. The number of ketones is 1. The fraction of sp³-hybridized carbons (Fsp3) is 0.438. The molecule has 0 amide bonds. The standard InChI is InChI=1S/C21H30N8O3.C21H28N8O3.C19H26N8O.C3H5BrO/c1-4-5-8-23-20-16(13(2)24-21(22)25-20)11-15-9-14(6-7-17(15)32-3)10-18-26-27-28-29(18)12-19(30)31;1-4-5-8-23-20-16(13(2)24-21(22)25-20)11-15-9-14(6-7-17(15)32-3)10-18-26-28-29(27-18)12-19(30)31;1-4-5-8-21-18-15(12(2)22-19(20)23-18)11-14-9-13(6-7-16(14)28-3)10-17-24-26-27-25-17;1-3(5)2-4/h6-7,9,27-28H,4-5,8,10-12H2,1-3H3,(H,30,31)(H3,22,23,24,25);6-7,9H,4-5,8,10-12H2,1-3H3,(H,30,31)(H3,22,23,24,25);6-7,9H,4-5,8,10-11H2,1-3H3,(H3,20,21,22,23)(H,24,25,26,27);2H2,1H3. The number of carbonyl (C=O) groups is 3. The number of hydrogen-bond acceptors (Lipinski definition) is 28. The number of benzene rings is 3. The molecular weight excluding hydrogens is 1310 g/mol. The van der Waals surface area contributed by atoms with Gasteiger partial charge in [-0.2, -0.15) is 25.0 Å². The summed E-state index contributed by atoms with van der Waals surface area (Å²) < 4.78 is 16.7. The number of aromatic nitrogens is 14. The molecule has 1 aliphatic rings. The number of hydrazone groups is 1. The Kier molecular flexibility index (Phi) is 30.2. The van der Waals surface area contributed by atoms with E-state index in [-0.39, 0.29) is 36.7 Å². The van der Waals surface area contributed by atoms with Gasteiger partial charge in [0.05, 0.1) is 26.7 Å². The van der Waals surface area contributed by atoms with Gasteiger partial charge in [0.2, 0.25) is 17.8 Å². The Morgan fingerprint density at radius 2 is 0.969 bits per heavy atom. The number of ether oxygens (including phenoxy) is 3. The van der Waals surface area contributed by atoms with Gasteiger partial charge in [-0.15, -0.1) is 31.0 Å². The molecule has 0 fully saturated rings. The van der Waals surface area contributed by atoms with Crippen LogP contribution in [0.3, 0.4) is 0 Å². The summed E-state index contributed by atoms with van der Waals surface area (Å²) in [6.45, 7) is 15.7. The van der Waals surface area contributed by atoms with Crippen LogP contribution in [-0.4, -0.2) is 162 Å². The number of tetrazole rings is 2. The lowest BCUT2D eigenvalue weighted by Gasteiger charge is -2.18. The molecular formula is C64H89BrN24O8. The number of methoxy groups -OCH3 is 3. The van der Waals surface area contributed by atoms with Crippen molar-refractivity contribution < 1.29 is 38.8 Å². The minimum absolute atomic E-state index is 0.171. The van der Waals surface area contributed by atoms with Crippen LogP contribution in [0.4, 0.5) is 35.3 Å². The van der Waals surface area contributed by atoms with Crippen molar-refractivity contribution in [1.29, 1.82) is 0 Å². The molecule has 0 aliphatic carbocycles. The number of alkyl halides is 1. The minimum atomic E-state index is -1.02. The third-order valence-corrected chi connectivity index (χ3v) is 15.5. The van der Waals surface area contributed by atoms with Crippen molar-refractivity contribution in [1.82, 2.24) is 86.8 Å². The smallest absolute Gasteiger partial charge is 0.327 e. The quantitative estimate of drug-likeness (QED) is 0.0157. The molecule has 32 nitrogen and oxygen atoms in total. The number of nitrogens with one attached hydrogen (secondary N) is 6. The second-order valence-electron chi connectivity index (χ2n) is 22.3. The fourth-order valence-electron chi connectivity index (χ4n) is 9.90. The molecule has 0 bridgehead atoms. The van der Waals surface area contributed by atoms with Crippen LogP contribution in [0.5, 0.6) is 17.2 Å². The van der Waals surface area contributed by atoms with Gasteiger partial charge in [0, 0.05) is 91.9 Å². The molecule has 5 aromatic heterocycles. The molecule has 0 atom stereocenters. The average molecular weight is 1400 g/mol. The van der Waals surface area contributed by atoms with E-state index in [4.69, 9.17) is 41.6 Å². The Bertz CT molecular complexity index is 3890. The van der Waals surface area contributed by atoms with Gasteiger partial charge in [-0.05, 0) is 104 Å². The predicted molar refractivity (Wildman–Crippen MR) is 373 cm³/mol. The van der Waals surface area contributed by atoms with Gasteiger partial charge < -0.3 is 57.6 Å². The zero-order valence-electron chi connectivity index (χ0n) is 56.6. The van der Waals surface area contributed by atoms with Crippen molar-refractivity contribution in [2.45, 2.75) is 132 Å². The van der Waals surface area contributed by atoms with E-state index in [2.05, 4.69) is 141 Å². The number of carbonyl (C=O) groups excluding carboxylic acids is 1. The Labute approximate surface area is 571 Å². The highest BCUT2D eigenvalue weighted by Gasteiger charge is 2.23. The highest BCUT2D eigenvalue weighted by atomic mass is 79.9. The van der Waals surface area contributed by atoms with Crippen molar-refractivity contribution >= 4 is 74.8 Å². The number of anilines is 6. The number of carboxylic acids is 2. The number of carboxylic acid groups (broad SMARTS) is 2. The summed E-state index contributed by atoms with van der Waals surface area (Å²) in [5, 5.41) is 60.2. The number of hydrazine groups is 2. The number of nitrogens with zero attached hydrogens (tertiary/aromatic N) is 15. The average Bonchev–Trinajstić information content (AvgIpc) is 1.87. The number of hydrogen-bond donors (Lipinski definition) is 11. The maximum absolute atomic E-state index is 11.1. The predicted octanol–water partition coefficient (Wildman–Crippen LogP) is 6.54. The first-order valence-corrected chi connectivity index (χ1v) is 32.7. The van der Waals surface area contributed by atoms with Gasteiger partial charge in [0.15, 0.2) is 18.2 Å². The van der Waals surface area contributed by atoms with Crippen LogP contribution in [0.1, 0.15) is 145 Å². The van der Waals surface area contributed by atoms with Gasteiger partial charge in [-0.3, -0.25) is 19.4 Å². The highest BCUT2D eigenvalue weighted by molar-refractivity contribution is 9.09. The van der Waals surface area contributed by atoms with Crippen LogP contribution in [0.15, 0.2) is 59.7 Å². The van der Waals surface area contributed by atoms with Gasteiger partial charge in [-0.25, -0.2) is 20.5 Å². The van der Waals surface area contributed by atoms with E-state index in [9.17, 15) is 14.4 Å². The van der Waals surface area contributed by atoms with Crippen LogP contribution in [-0.2, 0) is 59.5 Å². The van der Waals surface area contributed by atoms with Crippen LogP contribution in [0.25, 0.3) is 0 Å². The summed E-state index contributed by atoms with van der Waals surface area (Å²) in [5.74, 6) is 5.16. The molecule has 0 unspecified atom stereocenters. The molecule has 0 saturated heterocycles. The SMILES string of the molecule is CC(=O)CBr.CCCCNc1nc(N)nc(C)c1Cc1cc(CC2=NNNN2CC(=O)O)ccc1OC.CCCCNc1nc(N)nc(C)c1Cc1cc(Cc2nn[nH]n2)ccc1OC.CCCCNc1nc(N)nc(C)c1Cc1cc(Cc2nnn(CC(=O)O)n2)ccc1OC. The fourth-order valence-corrected chi connectivity index (χ4v) is 9.90. The van der Waals surface area contributed by atoms with Crippen LogP contribution >= 0.6 is 15.9 Å². The maximum atomic E-state index is 11.1. The third kappa shape index (κ3) is 24.1. The van der Waals surface area contributed by atoms with E-state index in [1.54, 1.807) is 21.3 Å². The molecule has 0 spiro atoms. The second kappa shape index (κ2) is 38.8. The molecule has 9 rings (SSSR count). The minimum Gasteiger partial charge on any atom is -0.496 e. The van der Waals surface area contributed by atoms with Crippen molar-refractivity contribution in [2.24, 2.45) is 5.10 Å². The van der Waals surface area contributed by atoms with E-state index >= 15 is 0 Å². The molecule has 6 heterocycles. The first-order chi connectivity index (χ1) is 46.7. The number of unbranched alkanes of at least 4 members (excludes halogenated alkanes) is 3. The molecule has 33 heteroatoms. The molecule has 8 aromatic rings. The number of nitrogens with two attached hydrogens (primary N) is 3. The number of rotatable bonds is 32.